The predicted molar refractivity (Wildman–Crippen MR) is 97.5 cm³/mol. The molecule has 0 N–H and O–H groups in total. The van der Waals surface area contributed by atoms with E-state index in [1.54, 1.807) is 17.9 Å². The fourth-order valence-corrected chi connectivity index (χ4v) is 2.74. The van der Waals surface area contributed by atoms with Gasteiger partial charge in [-0.05, 0) is 23.8 Å². The second kappa shape index (κ2) is 7.37. The van der Waals surface area contributed by atoms with Gasteiger partial charge in [-0.3, -0.25) is 19.5 Å². The molecule has 0 aliphatic carbocycles. The van der Waals surface area contributed by atoms with Crippen molar-refractivity contribution in [3.8, 4) is 5.69 Å². The van der Waals surface area contributed by atoms with Crippen LogP contribution in [0, 0.1) is 10.1 Å². The third-order valence-electron chi connectivity index (χ3n) is 3.89. The Labute approximate surface area is 154 Å². The molecule has 3 aromatic rings. The van der Waals surface area contributed by atoms with Gasteiger partial charge >= 0.3 is 0 Å². The van der Waals surface area contributed by atoms with Crippen LogP contribution in [0.1, 0.15) is 16.1 Å². The first-order valence-corrected chi connectivity index (χ1v) is 8.11. The number of amides is 1. The second-order valence-electron chi connectivity index (χ2n) is 5.68. The Hall–Kier alpha value is -3.19. The highest BCUT2D eigenvalue weighted by molar-refractivity contribution is 6.31. The summed E-state index contributed by atoms with van der Waals surface area (Å²) >= 11 is 6.12. The van der Waals surface area contributed by atoms with Crippen molar-refractivity contribution in [2.75, 3.05) is 7.05 Å². The number of hydrogen-bond donors (Lipinski definition) is 0. The van der Waals surface area contributed by atoms with Crippen LogP contribution < -0.4 is 0 Å². The molecule has 7 nitrogen and oxygen atoms in total. The first kappa shape index (κ1) is 17.6. The van der Waals surface area contributed by atoms with E-state index >= 15 is 0 Å². The van der Waals surface area contributed by atoms with Crippen LogP contribution >= 0.6 is 11.6 Å². The smallest absolute Gasteiger partial charge is 0.272 e. The lowest BCUT2D eigenvalue weighted by atomic mass is 10.2. The molecule has 0 aliphatic rings. The highest BCUT2D eigenvalue weighted by Crippen LogP contribution is 2.24. The Morgan fingerprint density at radius 1 is 1.27 bits per heavy atom. The third-order valence-corrected chi connectivity index (χ3v) is 4.26. The lowest BCUT2D eigenvalue weighted by molar-refractivity contribution is -0.384. The average molecular weight is 371 g/mol. The minimum atomic E-state index is -0.494. The number of imidazole rings is 1. The molecule has 0 saturated heterocycles. The fourth-order valence-electron chi connectivity index (χ4n) is 2.57. The Morgan fingerprint density at radius 3 is 2.69 bits per heavy atom. The zero-order chi connectivity index (χ0) is 18.7. The van der Waals surface area contributed by atoms with E-state index in [2.05, 4.69) is 4.98 Å². The summed E-state index contributed by atoms with van der Waals surface area (Å²) < 4.78 is 1.69. The van der Waals surface area contributed by atoms with Gasteiger partial charge in [0.25, 0.3) is 11.6 Å². The Morgan fingerprint density at radius 2 is 2.00 bits per heavy atom. The van der Waals surface area contributed by atoms with Crippen molar-refractivity contribution < 1.29 is 9.72 Å². The molecular formula is C18H15ClN4O3. The fraction of sp³-hybridized carbons (Fsp3) is 0.111. The highest BCUT2D eigenvalue weighted by atomic mass is 35.5. The lowest BCUT2D eigenvalue weighted by Crippen LogP contribution is -2.28. The number of carbonyl (C=O) groups is 1. The maximum absolute atomic E-state index is 12.8. The number of aromatic nitrogens is 2. The van der Waals surface area contributed by atoms with Gasteiger partial charge in [-0.15, -0.1) is 0 Å². The van der Waals surface area contributed by atoms with Crippen molar-refractivity contribution in [2.45, 2.75) is 6.54 Å². The number of halogens is 1. The molecule has 0 bridgehead atoms. The van der Waals surface area contributed by atoms with E-state index in [9.17, 15) is 14.9 Å². The number of nitro benzene ring substituents is 1. The van der Waals surface area contributed by atoms with Crippen LogP contribution in [0.3, 0.4) is 0 Å². The molecule has 26 heavy (non-hydrogen) atoms. The minimum absolute atomic E-state index is 0.0698. The van der Waals surface area contributed by atoms with Gasteiger partial charge in [0.15, 0.2) is 0 Å². The van der Waals surface area contributed by atoms with E-state index in [1.807, 2.05) is 30.3 Å². The van der Waals surface area contributed by atoms with Crippen molar-refractivity contribution in [1.82, 2.24) is 14.5 Å². The lowest BCUT2D eigenvalue weighted by Gasteiger charge is -2.18. The van der Waals surface area contributed by atoms with Crippen LogP contribution in [0.4, 0.5) is 5.69 Å². The number of nitro groups is 1. The maximum atomic E-state index is 12.8. The summed E-state index contributed by atoms with van der Waals surface area (Å²) in [4.78, 5) is 28.8. The SMILES string of the molecule is CN(Cc1cc([N+](=O)[O-])ccc1Cl)C(=O)c1cncn1-c1ccccc1. The monoisotopic (exact) mass is 370 g/mol. The molecule has 132 valence electrons. The summed E-state index contributed by atoms with van der Waals surface area (Å²) in [5.41, 5.74) is 1.64. The van der Waals surface area contributed by atoms with Crippen LogP contribution in [0.5, 0.6) is 0 Å². The first-order valence-electron chi connectivity index (χ1n) is 7.73. The largest absolute Gasteiger partial charge is 0.336 e. The molecule has 8 heteroatoms. The third kappa shape index (κ3) is 3.57. The van der Waals surface area contributed by atoms with Gasteiger partial charge in [0.05, 0.1) is 17.4 Å². The van der Waals surface area contributed by atoms with Crippen molar-refractivity contribution in [2.24, 2.45) is 0 Å². The molecule has 0 radical (unpaired) electrons. The van der Waals surface area contributed by atoms with Crippen molar-refractivity contribution in [3.05, 3.63) is 87.4 Å². The van der Waals surface area contributed by atoms with E-state index in [-0.39, 0.29) is 18.1 Å². The van der Waals surface area contributed by atoms with E-state index in [1.165, 1.54) is 29.3 Å². The van der Waals surface area contributed by atoms with Gasteiger partial charge in [0.1, 0.15) is 5.69 Å². The van der Waals surface area contributed by atoms with E-state index < -0.39 is 4.92 Å². The summed E-state index contributed by atoms with van der Waals surface area (Å²) in [6.45, 7) is 0.138. The summed E-state index contributed by atoms with van der Waals surface area (Å²) in [5.74, 6) is -0.270. The number of para-hydroxylation sites is 1. The number of hydrogen-bond acceptors (Lipinski definition) is 4. The number of benzene rings is 2. The number of non-ortho nitro benzene ring substituents is 1. The van der Waals surface area contributed by atoms with Gasteiger partial charge in [0, 0.05) is 36.4 Å². The Kier molecular flexibility index (Phi) is 4.99. The van der Waals surface area contributed by atoms with Gasteiger partial charge < -0.3 is 4.90 Å². The van der Waals surface area contributed by atoms with Crippen molar-refractivity contribution in [1.29, 1.82) is 0 Å². The Balaban J connectivity index is 1.85. The zero-order valence-electron chi connectivity index (χ0n) is 13.9. The van der Waals surface area contributed by atoms with Crippen LogP contribution in [0.15, 0.2) is 61.1 Å². The molecule has 1 amide bonds. The van der Waals surface area contributed by atoms with Crippen LogP contribution in [-0.4, -0.2) is 32.3 Å². The summed E-state index contributed by atoms with van der Waals surface area (Å²) in [7, 11) is 1.61. The van der Waals surface area contributed by atoms with Crippen molar-refractivity contribution >= 4 is 23.2 Å². The van der Waals surface area contributed by atoms with Crippen molar-refractivity contribution in [3.63, 3.8) is 0 Å². The van der Waals surface area contributed by atoms with Gasteiger partial charge in [-0.2, -0.15) is 0 Å². The van der Waals surface area contributed by atoms with Gasteiger partial charge in [0.2, 0.25) is 0 Å². The van der Waals surface area contributed by atoms with Gasteiger partial charge in [-0.25, -0.2) is 4.98 Å². The first-order chi connectivity index (χ1) is 12.5. The molecule has 1 heterocycles. The van der Waals surface area contributed by atoms with Crippen LogP contribution in [0.25, 0.3) is 5.69 Å². The topological polar surface area (TPSA) is 81.3 Å². The van der Waals surface area contributed by atoms with Crippen LogP contribution in [-0.2, 0) is 6.54 Å². The minimum Gasteiger partial charge on any atom is -0.336 e. The molecule has 2 aromatic carbocycles. The predicted octanol–water partition coefficient (Wildman–Crippen LogP) is 3.71. The number of nitrogens with zero attached hydrogens (tertiary/aromatic N) is 4. The average Bonchev–Trinajstić information content (AvgIpc) is 3.13. The quantitative estimate of drug-likeness (QED) is 0.506. The second-order valence-corrected chi connectivity index (χ2v) is 6.09. The molecule has 3 rings (SSSR count). The summed E-state index contributed by atoms with van der Waals surface area (Å²) in [6, 6.07) is 13.5. The van der Waals surface area contributed by atoms with Gasteiger partial charge in [-0.1, -0.05) is 29.8 Å². The summed E-state index contributed by atoms with van der Waals surface area (Å²) in [6.07, 6.45) is 3.05. The van der Waals surface area contributed by atoms with E-state index in [4.69, 9.17) is 11.6 Å². The van der Waals surface area contributed by atoms with E-state index in [0.29, 0.717) is 16.3 Å². The zero-order valence-corrected chi connectivity index (χ0v) is 14.6. The molecular weight excluding hydrogens is 356 g/mol. The van der Waals surface area contributed by atoms with Crippen LogP contribution in [0.2, 0.25) is 5.02 Å². The van der Waals surface area contributed by atoms with E-state index in [0.717, 1.165) is 5.69 Å². The molecule has 1 aromatic heterocycles. The molecule has 0 fully saturated rings. The maximum Gasteiger partial charge on any atom is 0.272 e. The molecule has 0 unspecified atom stereocenters. The highest BCUT2D eigenvalue weighted by Gasteiger charge is 2.19. The molecule has 0 atom stereocenters. The summed E-state index contributed by atoms with van der Waals surface area (Å²) in [5, 5.41) is 11.3. The molecule has 0 aliphatic heterocycles. The normalized spacial score (nSPS) is 10.5. The Bertz CT molecular complexity index is 956. The number of rotatable bonds is 5. The standard InChI is InChI=1S/C18H15ClN4O3/c1-21(11-13-9-15(23(25)26)7-8-16(13)19)18(24)17-10-20-12-22(17)14-5-3-2-4-6-14/h2-10,12H,11H2,1H3. The molecule has 0 spiro atoms. The number of carbonyl (C=O) groups excluding carboxylic acids is 1. The molecule has 0 saturated carbocycles.